The fourth-order valence-corrected chi connectivity index (χ4v) is 5.03. The van der Waals surface area contributed by atoms with Crippen molar-refractivity contribution in [3.63, 3.8) is 0 Å². The molecule has 1 aliphatic rings. The number of hydrogen-bond acceptors (Lipinski definition) is 5. The van der Waals surface area contributed by atoms with Crippen LogP contribution in [0.2, 0.25) is 0 Å². The monoisotopic (exact) mass is 343 g/mol. The van der Waals surface area contributed by atoms with Gasteiger partial charge in [-0.1, -0.05) is 13.3 Å². The summed E-state index contributed by atoms with van der Waals surface area (Å²) in [5.41, 5.74) is 9.29. The molecule has 1 fully saturated rings. The number of nitrogens with zero attached hydrogens (tertiary/aromatic N) is 3. The average molecular weight is 344 g/mol. The van der Waals surface area contributed by atoms with E-state index >= 15 is 0 Å². The van der Waals surface area contributed by atoms with Crippen LogP contribution in [-0.4, -0.2) is 27.6 Å². The maximum Gasteiger partial charge on any atom is 0.152 e. The largest absolute Gasteiger partial charge is 0.382 e. The number of fused-ring (bicyclic) bond motifs is 3. The van der Waals surface area contributed by atoms with Crippen molar-refractivity contribution in [2.45, 2.75) is 44.9 Å². The summed E-state index contributed by atoms with van der Waals surface area (Å²) in [5, 5.41) is 3.44. The molecule has 3 N–H and O–H groups in total. The Hall–Kier alpha value is -1.66. The number of nitrogens with one attached hydrogen (secondary N) is 1. The van der Waals surface area contributed by atoms with E-state index in [0.29, 0.717) is 11.7 Å². The van der Waals surface area contributed by atoms with Crippen LogP contribution in [0.25, 0.3) is 21.3 Å². The first-order valence-corrected chi connectivity index (χ1v) is 9.75. The number of imidazole rings is 1. The van der Waals surface area contributed by atoms with Gasteiger partial charge in [-0.3, -0.25) is 0 Å². The Morgan fingerprint density at radius 1 is 1.33 bits per heavy atom. The van der Waals surface area contributed by atoms with Crippen LogP contribution in [0.15, 0.2) is 6.07 Å². The predicted molar refractivity (Wildman–Crippen MR) is 102 cm³/mol. The third-order valence-corrected chi connectivity index (χ3v) is 6.41. The molecule has 1 aliphatic heterocycles. The van der Waals surface area contributed by atoms with Crippen molar-refractivity contribution in [3.05, 3.63) is 16.8 Å². The summed E-state index contributed by atoms with van der Waals surface area (Å²) in [7, 11) is 2.11. The summed E-state index contributed by atoms with van der Waals surface area (Å²) >= 11 is 1.89. The molecule has 1 saturated heterocycles. The second kappa shape index (κ2) is 6.33. The van der Waals surface area contributed by atoms with Gasteiger partial charge in [0.2, 0.25) is 0 Å². The summed E-state index contributed by atoms with van der Waals surface area (Å²) in [6, 6.07) is 2.25. The molecule has 3 aromatic heterocycles. The van der Waals surface area contributed by atoms with Gasteiger partial charge in [0.05, 0.1) is 15.7 Å². The zero-order valence-corrected chi connectivity index (χ0v) is 15.2. The molecule has 4 rings (SSSR count). The number of nitrogen functional groups attached to an aromatic ring is 1. The lowest BCUT2D eigenvalue weighted by molar-refractivity contribution is 0.465. The molecular weight excluding hydrogens is 318 g/mol. The van der Waals surface area contributed by atoms with E-state index in [9.17, 15) is 0 Å². The molecule has 0 amide bonds. The van der Waals surface area contributed by atoms with Crippen molar-refractivity contribution in [1.82, 2.24) is 19.9 Å². The van der Waals surface area contributed by atoms with E-state index in [-0.39, 0.29) is 0 Å². The maximum atomic E-state index is 6.23. The molecule has 0 aliphatic carbocycles. The first-order chi connectivity index (χ1) is 11.7. The van der Waals surface area contributed by atoms with Gasteiger partial charge in [0.1, 0.15) is 11.3 Å². The van der Waals surface area contributed by atoms with E-state index in [1.54, 1.807) is 0 Å². The van der Waals surface area contributed by atoms with Crippen molar-refractivity contribution < 1.29 is 0 Å². The maximum absolute atomic E-state index is 6.23. The average Bonchev–Trinajstić information content (AvgIpc) is 3.16. The molecule has 3 aromatic rings. The van der Waals surface area contributed by atoms with Gasteiger partial charge in [0.15, 0.2) is 5.82 Å². The Morgan fingerprint density at radius 2 is 2.12 bits per heavy atom. The molecular formula is C18H25N5S. The summed E-state index contributed by atoms with van der Waals surface area (Å²) in [6.07, 6.45) is 5.73. The lowest BCUT2D eigenvalue weighted by Gasteiger charge is -2.21. The molecule has 4 heterocycles. The van der Waals surface area contributed by atoms with Crippen molar-refractivity contribution >= 4 is 38.4 Å². The topological polar surface area (TPSA) is 68.8 Å². The number of thiophene rings is 1. The third-order valence-electron chi connectivity index (χ3n) is 5.11. The minimum absolute atomic E-state index is 0.561. The molecule has 0 saturated carbocycles. The number of rotatable bonds is 4. The zero-order valence-electron chi connectivity index (χ0n) is 14.4. The second-order valence-electron chi connectivity index (χ2n) is 6.77. The van der Waals surface area contributed by atoms with Crippen molar-refractivity contribution in [2.24, 2.45) is 7.05 Å². The van der Waals surface area contributed by atoms with Crippen molar-refractivity contribution in [2.75, 3.05) is 18.8 Å². The number of pyridine rings is 1. The Bertz CT molecular complexity index is 873. The van der Waals surface area contributed by atoms with Crippen LogP contribution in [0.4, 0.5) is 5.82 Å². The van der Waals surface area contributed by atoms with E-state index in [2.05, 4.69) is 34.9 Å². The quantitative estimate of drug-likeness (QED) is 0.760. The van der Waals surface area contributed by atoms with E-state index in [0.717, 1.165) is 48.3 Å². The number of nitrogens with two attached hydrogens (primary N) is 1. The fraction of sp³-hybridized carbons (Fsp3) is 0.556. The number of aryl methyl sites for hydroxylation is 2. The molecule has 128 valence electrons. The standard InChI is InChI=1S/C18H25N5S/c1-3-4-5-14-22-15-16(23(14)2)17-12(21-18(15)19)10-13(24-17)11-6-8-20-9-7-11/h10-11,20H,3-9H2,1-2H3,(H2,19,21). The van der Waals surface area contributed by atoms with Gasteiger partial charge in [-0.05, 0) is 44.3 Å². The van der Waals surface area contributed by atoms with Crippen LogP contribution in [0.1, 0.15) is 49.2 Å². The highest BCUT2D eigenvalue weighted by atomic mass is 32.1. The van der Waals surface area contributed by atoms with Crippen molar-refractivity contribution in [1.29, 1.82) is 0 Å². The Labute approximate surface area is 146 Å². The molecule has 0 unspecified atom stereocenters. The first-order valence-electron chi connectivity index (χ1n) is 8.94. The summed E-state index contributed by atoms with van der Waals surface area (Å²) in [6.45, 7) is 4.43. The summed E-state index contributed by atoms with van der Waals surface area (Å²) in [5.74, 6) is 2.32. The molecule has 0 atom stereocenters. The molecule has 0 bridgehead atoms. The Morgan fingerprint density at radius 3 is 2.88 bits per heavy atom. The van der Waals surface area contributed by atoms with Crippen LogP contribution in [-0.2, 0) is 13.5 Å². The summed E-state index contributed by atoms with van der Waals surface area (Å²) < 4.78 is 3.47. The van der Waals surface area contributed by atoms with Gasteiger partial charge in [-0.2, -0.15) is 0 Å². The molecule has 0 radical (unpaired) electrons. The van der Waals surface area contributed by atoms with E-state index in [4.69, 9.17) is 10.7 Å². The first kappa shape index (κ1) is 15.8. The minimum atomic E-state index is 0.561. The van der Waals surface area contributed by atoms with Crippen LogP contribution in [0.3, 0.4) is 0 Å². The number of anilines is 1. The van der Waals surface area contributed by atoms with Crippen LogP contribution >= 0.6 is 11.3 Å². The van der Waals surface area contributed by atoms with Gasteiger partial charge < -0.3 is 15.6 Å². The van der Waals surface area contributed by atoms with Crippen LogP contribution in [0.5, 0.6) is 0 Å². The molecule has 24 heavy (non-hydrogen) atoms. The van der Waals surface area contributed by atoms with Crippen molar-refractivity contribution in [3.8, 4) is 0 Å². The second-order valence-corrected chi connectivity index (χ2v) is 7.86. The normalized spacial score (nSPS) is 16.4. The Balaban J connectivity index is 1.85. The lowest BCUT2D eigenvalue weighted by atomic mass is 9.96. The predicted octanol–water partition coefficient (Wildman–Crippen LogP) is 3.57. The van der Waals surface area contributed by atoms with Gasteiger partial charge in [0, 0.05) is 18.3 Å². The van der Waals surface area contributed by atoms with E-state index in [1.807, 2.05) is 11.3 Å². The number of hydrogen-bond donors (Lipinski definition) is 2. The number of unbranched alkanes of at least 4 members (excludes halogenated alkanes) is 1. The van der Waals surface area contributed by atoms with Gasteiger partial charge in [-0.15, -0.1) is 11.3 Å². The van der Waals surface area contributed by atoms with Crippen LogP contribution in [0, 0.1) is 0 Å². The highest BCUT2D eigenvalue weighted by molar-refractivity contribution is 7.20. The number of aromatic nitrogens is 3. The molecule has 5 nitrogen and oxygen atoms in total. The van der Waals surface area contributed by atoms with Gasteiger partial charge in [-0.25, -0.2) is 9.97 Å². The number of piperidine rings is 1. The van der Waals surface area contributed by atoms with Crippen LogP contribution < -0.4 is 11.1 Å². The van der Waals surface area contributed by atoms with E-state index < -0.39 is 0 Å². The minimum Gasteiger partial charge on any atom is -0.382 e. The molecule has 0 aromatic carbocycles. The lowest BCUT2D eigenvalue weighted by Crippen LogP contribution is -2.26. The highest BCUT2D eigenvalue weighted by Crippen LogP contribution is 2.39. The fourth-order valence-electron chi connectivity index (χ4n) is 3.68. The molecule has 6 heteroatoms. The third kappa shape index (κ3) is 2.58. The Kier molecular flexibility index (Phi) is 4.18. The van der Waals surface area contributed by atoms with E-state index in [1.165, 1.54) is 28.8 Å². The summed E-state index contributed by atoms with van der Waals surface area (Å²) in [4.78, 5) is 10.9. The van der Waals surface area contributed by atoms with Gasteiger partial charge in [0.25, 0.3) is 0 Å². The zero-order chi connectivity index (χ0) is 16.7. The SMILES string of the molecule is CCCCc1nc2c(N)nc3cc(C4CCNCC4)sc3c2n1C. The van der Waals surface area contributed by atoms with Gasteiger partial charge >= 0.3 is 0 Å². The highest BCUT2D eigenvalue weighted by Gasteiger charge is 2.21. The smallest absolute Gasteiger partial charge is 0.152 e. The molecule has 0 spiro atoms.